The lowest BCUT2D eigenvalue weighted by atomic mass is 10.3. The van der Waals surface area contributed by atoms with Crippen LogP contribution in [0.25, 0.3) is 0 Å². The molecule has 6 nitrogen and oxygen atoms in total. The molecule has 140 valence electrons. The van der Waals surface area contributed by atoms with Gasteiger partial charge in [0.2, 0.25) is 10.0 Å². The highest BCUT2D eigenvalue weighted by molar-refractivity contribution is 7.89. The van der Waals surface area contributed by atoms with E-state index in [9.17, 15) is 13.2 Å². The van der Waals surface area contributed by atoms with Gasteiger partial charge in [0, 0.05) is 13.6 Å². The van der Waals surface area contributed by atoms with Gasteiger partial charge >= 0.3 is 0 Å². The van der Waals surface area contributed by atoms with Crippen molar-refractivity contribution in [1.29, 1.82) is 0 Å². The predicted molar refractivity (Wildman–Crippen MR) is 102 cm³/mol. The summed E-state index contributed by atoms with van der Waals surface area (Å²) in [6.07, 6.45) is 0. The number of carbonyl (C=O) groups excluding carboxylic acids is 1. The summed E-state index contributed by atoms with van der Waals surface area (Å²) in [6, 6.07) is 10.5. The number of nitrogens with one attached hydrogen (secondary N) is 1. The molecule has 1 aromatic carbocycles. The van der Waals surface area contributed by atoms with E-state index in [-0.39, 0.29) is 5.91 Å². The van der Waals surface area contributed by atoms with Gasteiger partial charge in [0.05, 0.1) is 31.1 Å². The summed E-state index contributed by atoms with van der Waals surface area (Å²) in [5.41, 5.74) is 1.14. The van der Waals surface area contributed by atoms with Crippen LogP contribution in [0.4, 0.5) is 0 Å². The van der Waals surface area contributed by atoms with Gasteiger partial charge in [0.15, 0.2) is 6.54 Å². The number of quaternary nitrogens is 1. The Hall–Kier alpha value is -1.74. The van der Waals surface area contributed by atoms with Gasteiger partial charge in [-0.1, -0.05) is 18.2 Å². The lowest BCUT2D eigenvalue weighted by Gasteiger charge is -2.32. The van der Waals surface area contributed by atoms with E-state index in [1.807, 2.05) is 23.9 Å². The quantitative estimate of drug-likeness (QED) is 0.766. The molecule has 1 aliphatic heterocycles. The Bertz CT molecular complexity index is 815. The van der Waals surface area contributed by atoms with Gasteiger partial charge in [-0.15, -0.1) is 0 Å². The van der Waals surface area contributed by atoms with Gasteiger partial charge in [-0.25, -0.2) is 8.42 Å². The molecule has 0 atom stereocenters. The molecule has 8 heteroatoms. The fourth-order valence-corrected chi connectivity index (χ4v) is 5.18. The fourth-order valence-electron chi connectivity index (χ4n) is 3.05. The summed E-state index contributed by atoms with van der Waals surface area (Å²) >= 11 is 1.62. The molecule has 0 aliphatic carbocycles. The maximum Gasteiger partial charge on any atom is 0.277 e. The third-order valence-electron chi connectivity index (χ3n) is 4.64. The number of amides is 1. The number of sulfonamides is 1. The minimum atomic E-state index is -3.44. The van der Waals surface area contributed by atoms with Crippen molar-refractivity contribution in [2.75, 3.05) is 39.8 Å². The predicted octanol–water partition coefficient (Wildman–Crippen LogP) is 0.296. The van der Waals surface area contributed by atoms with Crippen LogP contribution < -0.4 is 4.90 Å². The monoisotopic (exact) mass is 394 g/mol. The number of likely N-dealkylation sites (N-methyl/N-ethyl adjacent to an activating group) is 1. The van der Waals surface area contributed by atoms with Crippen molar-refractivity contribution in [3.8, 4) is 0 Å². The summed E-state index contributed by atoms with van der Waals surface area (Å²) in [4.78, 5) is 15.6. The van der Waals surface area contributed by atoms with Crippen LogP contribution in [0.3, 0.4) is 0 Å². The van der Waals surface area contributed by atoms with Crippen LogP contribution in [-0.4, -0.2) is 63.3 Å². The number of hydrogen-bond donors (Lipinski definition) is 1. The van der Waals surface area contributed by atoms with Crippen LogP contribution >= 0.6 is 11.3 Å². The average molecular weight is 395 g/mol. The molecule has 0 saturated carbocycles. The average Bonchev–Trinajstić information content (AvgIpc) is 3.16. The Balaban J connectivity index is 1.51. The van der Waals surface area contributed by atoms with Gasteiger partial charge in [-0.05, 0) is 34.5 Å². The van der Waals surface area contributed by atoms with Crippen LogP contribution in [0.2, 0.25) is 0 Å². The Morgan fingerprint density at radius 3 is 2.50 bits per heavy atom. The van der Waals surface area contributed by atoms with Crippen molar-refractivity contribution < 1.29 is 18.1 Å². The molecule has 2 aromatic rings. The minimum Gasteiger partial charge on any atom is -0.337 e. The zero-order valence-corrected chi connectivity index (χ0v) is 16.4. The van der Waals surface area contributed by atoms with Crippen LogP contribution in [-0.2, 0) is 21.4 Å². The largest absolute Gasteiger partial charge is 0.337 e. The number of nitrogens with zero attached hydrogens (tertiary/aromatic N) is 2. The second kappa shape index (κ2) is 8.30. The molecule has 0 radical (unpaired) electrons. The van der Waals surface area contributed by atoms with E-state index in [0.29, 0.717) is 44.2 Å². The van der Waals surface area contributed by atoms with Gasteiger partial charge < -0.3 is 9.80 Å². The number of benzene rings is 1. The summed E-state index contributed by atoms with van der Waals surface area (Å²) < 4.78 is 26.8. The highest BCUT2D eigenvalue weighted by atomic mass is 32.2. The normalized spacial score (nSPS) is 16.5. The van der Waals surface area contributed by atoms with Crippen molar-refractivity contribution in [2.45, 2.75) is 11.4 Å². The first kappa shape index (κ1) is 19.0. The maximum absolute atomic E-state index is 12.6. The highest BCUT2D eigenvalue weighted by Gasteiger charge is 2.31. The van der Waals surface area contributed by atoms with Gasteiger partial charge in [0.1, 0.15) is 0 Å². The van der Waals surface area contributed by atoms with Crippen molar-refractivity contribution >= 4 is 27.3 Å². The summed E-state index contributed by atoms with van der Waals surface area (Å²) in [7, 11) is -1.62. The van der Waals surface area contributed by atoms with Crippen molar-refractivity contribution in [2.24, 2.45) is 0 Å². The van der Waals surface area contributed by atoms with Crippen molar-refractivity contribution in [1.82, 2.24) is 9.21 Å². The standard InChI is InChI=1S/C18H23N3O3S2/c1-19(13-16-7-12-25-15-16)18(22)14-20-8-10-21(11-9-20)26(23,24)17-5-3-2-4-6-17/h2-7,12,15H,8-11,13-14H2,1H3/p+1. The first-order valence-electron chi connectivity index (χ1n) is 8.60. The molecule has 0 unspecified atom stereocenters. The molecule has 2 heterocycles. The number of rotatable bonds is 6. The second-order valence-electron chi connectivity index (χ2n) is 6.53. The maximum atomic E-state index is 12.6. The number of thiophene rings is 1. The Labute approximate surface area is 158 Å². The van der Waals surface area contributed by atoms with Gasteiger partial charge in [0.25, 0.3) is 5.91 Å². The van der Waals surface area contributed by atoms with Crippen LogP contribution in [0, 0.1) is 0 Å². The van der Waals surface area contributed by atoms with E-state index < -0.39 is 10.0 Å². The highest BCUT2D eigenvalue weighted by Crippen LogP contribution is 2.14. The minimum absolute atomic E-state index is 0.0885. The number of hydrogen-bond acceptors (Lipinski definition) is 4. The summed E-state index contributed by atoms with van der Waals surface area (Å²) in [6.45, 7) is 3.18. The van der Waals surface area contributed by atoms with Crippen LogP contribution in [0.5, 0.6) is 0 Å². The Morgan fingerprint density at radius 2 is 1.88 bits per heavy atom. The Kier molecular flexibility index (Phi) is 6.08. The van der Waals surface area contributed by atoms with Gasteiger partial charge in [-0.3, -0.25) is 4.79 Å². The molecular formula is C18H24N3O3S2+. The third-order valence-corrected chi connectivity index (χ3v) is 7.28. The molecular weight excluding hydrogens is 370 g/mol. The SMILES string of the molecule is CN(Cc1ccsc1)C(=O)C[NH+]1CCN(S(=O)(=O)c2ccccc2)CC1. The zero-order valence-electron chi connectivity index (χ0n) is 14.8. The second-order valence-corrected chi connectivity index (χ2v) is 9.24. The first-order chi connectivity index (χ1) is 12.5. The lowest BCUT2D eigenvalue weighted by molar-refractivity contribution is -0.896. The molecule has 0 bridgehead atoms. The summed E-state index contributed by atoms with van der Waals surface area (Å²) in [5, 5.41) is 4.05. The molecule has 1 aromatic heterocycles. The lowest BCUT2D eigenvalue weighted by Crippen LogP contribution is -3.15. The van der Waals surface area contributed by atoms with E-state index in [0.717, 1.165) is 10.5 Å². The fraction of sp³-hybridized carbons (Fsp3) is 0.389. The van der Waals surface area contributed by atoms with Crippen LogP contribution in [0.15, 0.2) is 52.1 Å². The van der Waals surface area contributed by atoms with E-state index >= 15 is 0 Å². The van der Waals surface area contributed by atoms with Crippen molar-refractivity contribution in [3.63, 3.8) is 0 Å². The van der Waals surface area contributed by atoms with Crippen molar-refractivity contribution in [3.05, 3.63) is 52.7 Å². The Morgan fingerprint density at radius 1 is 1.19 bits per heavy atom. The van der Waals surface area contributed by atoms with E-state index in [4.69, 9.17) is 0 Å². The molecule has 1 amide bonds. The smallest absolute Gasteiger partial charge is 0.277 e. The topological polar surface area (TPSA) is 62.1 Å². The van der Waals surface area contributed by atoms with E-state index in [1.165, 1.54) is 4.31 Å². The molecule has 1 fully saturated rings. The number of piperazine rings is 1. The first-order valence-corrected chi connectivity index (χ1v) is 11.0. The van der Waals surface area contributed by atoms with E-state index in [2.05, 4.69) is 0 Å². The van der Waals surface area contributed by atoms with Crippen LogP contribution in [0.1, 0.15) is 5.56 Å². The molecule has 26 heavy (non-hydrogen) atoms. The molecule has 1 N–H and O–H groups in total. The number of carbonyl (C=O) groups is 1. The molecule has 0 spiro atoms. The van der Waals surface area contributed by atoms with E-state index in [1.54, 1.807) is 46.6 Å². The zero-order chi connectivity index (χ0) is 18.6. The third kappa shape index (κ3) is 4.50. The molecule has 1 saturated heterocycles. The summed E-state index contributed by atoms with van der Waals surface area (Å²) in [5.74, 6) is 0.0885. The molecule has 1 aliphatic rings. The van der Waals surface area contributed by atoms with Gasteiger partial charge in [-0.2, -0.15) is 15.6 Å². The molecule has 3 rings (SSSR count).